The molecule has 570 valence electrons. The van der Waals surface area contributed by atoms with Crippen molar-refractivity contribution in [3.63, 3.8) is 0 Å². The second-order valence-corrected chi connectivity index (χ2v) is 31.9. The summed E-state index contributed by atoms with van der Waals surface area (Å²) < 4.78 is 68.5. The Balaban J connectivity index is 5.17. The molecule has 0 aliphatic rings. The van der Waals surface area contributed by atoms with Crippen LogP contribution in [0.1, 0.15) is 389 Å². The Morgan fingerprint density at radius 2 is 0.500 bits per heavy atom. The van der Waals surface area contributed by atoms with E-state index in [1.54, 1.807) is 0 Å². The summed E-state index contributed by atoms with van der Waals surface area (Å²) >= 11 is 0. The predicted octanol–water partition coefficient (Wildman–Crippen LogP) is 22.4. The molecule has 0 bridgehead atoms. The normalized spacial score (nSPS) is 15.0. The van der Waals surface area contributed by atoms with E-state index >= 15 is 0 Å². The van der Waals surface area contributed by atoms with Crippen LogP contribution in [0.3, 0.4) is 0 Å². The minimum atomic E-state index is -4.96. The fourth-order valence-electron chi connectivity index (χ4n) is 11.6. The Hall–Kier alpha value is -1.94. The zero-order valence-electron chi connectivity index (χ0n) is 63.0. The van der Waals surface area contributed by atoms with E-state index in [4.69, 9.17) is 37.0 Å². The molecule has 19 heteroatoms. The number of carbonyl (C=O) groups excluding carboxylic acids is 4. The summed E-state index contributed by atoms with van der Waals surface area (Å²) in [6.45, 7) is 14.2. The first-order chi connectivity index (χ1) is 46.2. The van der Waals surface area contributed by atoms with Crippen molar-refractivity contribution in [3.8, 4) is 0 Å². The van der Waals surface area contributed by atoms with Gasteiger partial charge in [-0.15, -0.1) is 0 Å². The molecule has 0 spiro atoms. The van der Waals surface area contributed by atoms with Crippen LogP contribution in [0, 0.1) is 23.7 Å². The number of phosphoric acid groups is 2. The molecule has 0 rings (SSSR count). The molecule has 6 unspecified atom stereocenters. The number of esters is 4. The molecular weight excluding hydrogens is 1260 g/mol. The summed E-state index contributed by atoms with van der Waals surface area (Å²) in [5.41, 5.74) is 0. The number of phosphoric ester groups is 2. The van der Waals surface area contributed by atoms with Crippen molar-refractivity contribution >= 4 is 39.5 Å². The highest BCUT2D eigenvalue weighted by Crippen LogP contribution is 2.45. The van der Waals surface area contributed by atoms with Gasteiger partial charge in [-0.1, -0.05) is 338 Å². The summed E-state index contributed by atoms with van der Waals surface area (Å²) in [6, 6.07) is 0. The van der Waals surface area contributed by atoms with Crippen LogP contribution >= 0.6 is 15.6 Å². The molecule has 0 aromatic rings. The van der Waals surface area contributed by atoms with Crippen LogP contribution < -0.4 is 0 Å². The minimum Gasteiger partial charge on any atom is -0.462 e. The topological polar surface area (TPSA) is 237 Å². The predicted molar refractivity (Wildman–Crippen MR) is 391 cm³/mol. The van der Waals surface area contributed by atoms with Gasteiger partial charge in [0.05, 0.1) is 26.4 Å². The maximum atomic E-state index is 13.1. The van der Waals surface area contributed by atoms with Crippen LogP contribution in [0.2, 0.25) is 0 Å². The SMILES string of the molecule is CCC(C)CCCCCCCCCCCCCCCCCCCCC(=O)OC[C@H](COP(=O)(O)OCC(O)COP(=O)(O)OC[C@@H](COC(=O)CCCCCCCCCC(C)C)OC(=O)CCCCCCCCC(C)CC)OC(=O)CCCCCCCCCCCCC(C)CC. The van der Waals surface area contributed by atoms with Crippen LogP contribution in [-0.4, -0.2) is 96.7 Å². The molecule has 0 fully saturated rings. The van der Waals surface area contributed by atoms with Crippen molar-refractivity contribution in [3.05, 3.63) is 0 Å². The van der Waals surface area contributed by atoms with E-state index in [9.17, 15) is 43.2 Å². The zero-order chi connectivity index (χ0) is 71.0. The van der Waals surface area contributed by atoms with Crippen molar-refractivity contribution in [1.82, 2.24) is 0 Å². The lowest BCUT2D eigenvalue weighted by Gasteiger charge is -2.21. The van der Waals surface area contributed by atoms with Crippen LogP contribution in [-0.2, 0) is 65.4 Å². The van der Waals surface area contributed by atoms with Crippen LogP contribution in [0.25, 0.3) is 0 Å². The number of ether oxygens (including phenoxy) is 4. The van der Waals surface area contributed by atoms with Gasteiger partial charge < -0.3 is 33.8 Å². The zero-order valence-corrected chi connectivity index (χ0v) is 64.8. The average Bonchev–Trinajstić information content (AvgIpc) is 2.25. The molecule has 0 aliphatic heterocycles. The molecule has 0 saturated carbocycles. The second-order valence-electron chi connectivity index (χ2n) is 28.9. The first-order valence-electron chi connectivity index (χ1n) is 39.8. The Labute approximate surface area is 588 Å². The highest BCUT2D eigenvalue weighted by molar-refractivity contribution is 7.47. The van der Waals surface area contributed by atoms with E-state index in [0.29, 0.717) is 31.6 Å². The fraction of sp³-hybridized carbons (Fsp3) is 0.948. The standard InChI is InChI=1S/C77H150O17P2/c1-9-68(6)54-46-38-30-24-20-18-16-14-12-13-15-17-19-21-26-32-41-49-57-74(79)87-63-72(93-76(81)59-51-43-33-27-23-22-25-31-39-47-55-69(7)10-2)65-91-95(83,84)89-61-71(78)62-90-96(85,86)92-66-73(94-77(82)60-52-44-36-35-40-48-56-70(8)11-3)64-88-75(80)58-50-42-34-28-29-37-45-53-67(4)5/h67-73,78H,9-66H2,1-8H3,(H,83,84)(H,85,86)/t68?,69?,70?,71?,72-,73-/m1/s1. The van der Waals surface area contributed by atoms with E-state index in [1.807, 2.05) is 0 Å². The van der Waals surface area contributed by atoms with E-state index in [-0.39, 0.29) is 25.7 Å². The molecule has 17 nitrogen and oxygen atoms in total. The van der Waals surface area contributed by atoms with Crippen molar-refractivity contribution in [2.75, 3.05) is 39.6 Å². The molecule has 96 heavy (non-hydrogen) atoms. The molecule has 0 heterocycles. The Kier molecular flexibility index (Phi) is 65.0. The van der Waals surface area contributed by atoms with Crippen LogP contribution in [0.4, 0.5) is 0 Å². The van der Waals surface area contributed by atoms with E-state index in [0.717, 1.165) is 114 Å². The van der Waals surface area contributed by atoms with Gasteiger partial charge in [-0.2, -0.15) is 0 Å². The first-order valence-corrected chi connectivity index (χ1v) is 42.8. The fourth-order valence-corrected chi connectivity index (χ4v) is 13.2. The summed E-state index contributed by atoms with van der Waals surface area (Å²) in [5.74, 6) is 0.977. The number of aliphatic hydroxyl groups excluding tert-OH is 1. The van der Waals surface area contributed by atoms with Gasteiger partial charge in [-0.05, 0) is 49.4 Å². The maximum absolute atomic E-state index is 13.1. The number of carbonyl (C=O) groups is 4. The number of hydrogen-bond donors (Lipinski definition) is 3. The van der Waals surface area contributed by atoms with E-state index in [1.165, 1.54) is 186 Å². The van der Waals surface area contributed by atoms with Gasteiger partial charge in [0.15, 0.2) is 12.2 Å². The van der Waals surface area contributed by atoms with Crippen molar-refractivity contribution < 1.29 is 80.2 Å². The Bertz CT molecular complexity index is 1890. The lowest BCUT2D eigenvalue weighted by Crippen LogP contribution is -2.30. The molecule has 0 saturated heterocycles. The number of unbranched alkanes of at least 4 members (excludes halogenated alkanes) is 37. The smallest absolute Gasteiger partial charge is 0.462 e. The van der Waals surface area contributed by atoms with E-state index in [2.05, 4.69) is 55.4 Å². The third-order valence-electron chi connectivity index (χ3n) is 18.9. The molecule has 0 aromatic carbocycles. The van der Waals surface area contributed by atoms with Crippen LogP contribution in [0.15, 0.2) is 0 Å². The van der Waals surface area contributed by atoms with Gasteiger partial charge in [0.2, 0.25) is 0 Å². The number of hydrogen-bond acceptors (Lipinski definition) is 15. The molecular formula is C77H150O17P2. The lowest BCUT2D eigenvalue weighted by atomic mass is 9.99. The molecule has 0 aromatic heterocycles. The highest BCUT2D eigenvalue weighted by atomic mass is 31.2. The largest absolute Gasteiger partial charge is 0.472 e. The van der Waals surface area contributed by atoms with Gasteiger partial charge in [0.25, 0.3) is 0 Å². The molecule has 0 amide bonds. The molecule has 0 radical (unpaired) electrons. The third-order valence-corrected chi connectivity index (χ3v) is 20.8. The molecule has 8 atom stereocenters. The third kappa shape index (κ3) is 66.6. The van der Waals surface area contributed by atoms with Gasteiger partial charge in [-0.3, -0.25) is 37.3 Å². The summed E-state index contributed by atoms with van der Waals surface area (Å²) in [4.78, 5) is 72.8. The average molecular weight is 1410 g/mol. The Morgan fingerprint density at radius 3 is 0.740 bits per heavy atom. The van der Waals surface area contributed by atoms with Crippen molar-refractivity contribution in [2.45, 2.75) is 408 Å². The maximum Gasteiger partial charge on any atom is 0.472 e. The molecule has 0 aliphatic carbocycles. The van der Waals surface area contributed by atoms with Crippen molar-refractivity contribution in [1.29, 1.82) is 0 Å². The van der Waals surface area contributed by atoms with Crippen LogP contribution in [0.5, 0.6) is 0 Å². The van der Waals surface area contributed by atoms with E-state index < -0.39 is 97.5 Å². The van der Waals surface area contributed by atoms with Gasteiger partial charge in [0.1, 0.15) is 19.3 Å². The minimum absolute atomic E-state index is 0.102. The Morgan fingerprint density at radius 1 is 0.292 bits per heavy atom. The van der Waals surface area contributed by atoms with Gasteiger partial charge in [0, 0.05) is 25.7 Å². The van der Waals surface area contributed by atoms with Gasteiger partial charge in [-0.25, -0.2) is 9.13 Å². The first kappa shape index (κ1) is 94.1. The van der Waals surface area contributed by atoms with Crippen molar-refractivity contribution in [2.24, 2.45) is 23.7 Å². The summed E-state index contributed by atoms with van der Waals surface area (Å²) in [5, 5.41) is 10.6. The quantitative estimate of drug-likeness (QED) is 0.0222. The highest BCUT2D eigenvalue weighted by Gasteiger charge is 2.30. The lowest BCUT2D eigenvalue weighted by molar-refractivity contribution is -0.161. The number of rotatable bonds is 74. The summed E-state index contributed by atoms with van der Waals surface area (Å²) in [6.07, 6.45) is 51.5. The van der Waals surface area contributed by atoms with Gasteiger partial charge >= 0.3 is 39.5 Å². The summed E-state index contributed by atoms with van der Waals surface area (Å²) in [7, 11) is -9.91. The monoisotopic (exact) mass is 1410 g/mol. The number of aliphatic hydroxyl groups is 1. The second kappa shape index (κ2) is 66.3. The molecule has 3 N–H and O–H groups in total.